The summed E-state index contributed by atoms with van der Waals surface area (Å²) < 4.78 is 39.5. The van der Waals surface area contributed by atoms with Gasteiger partial charge in [-0.1, -0.05) is 19.9 Å². The first-order chi connectivity index (χ1) is 10.4. The average molecular weight is 328 g/mol. The lowest BCUT2D eigenvalue weighted by molar-refractivity contribution is 0.245. The molecule has 0 radical (unpaired) electrons. The van der Waals surface area contributed by atoms with E-state index in [4.69, 9.17) is 0 Å². The lowest BCUT2D eigenvalue weighted by Gasteiger charge is -2.21. The number of rotatable bonds is 4. The molecular formula is C15H15F3N2OS. The van der Waals surface area contributed by atoms with E-state index in [2.05, 4.69) is 10.6 Å². The van der Waals surface area contributed by atoms with Crippen LogP contribution in [0.15, 0.2) is 29.6 Å². The Hall–Kier alpha value is -2.02. The van der Waals surface area contributed by atoms with Gasteiger partial charge in [-0.25, -0.2) is 18.0 Å². The van der Waals surface area contributed by atoms with Crippen LogP contribution in [0.2, 0.25) is 0 Å². The van der Waals surface area contributed by atoms with Crippen LogP contribution in [0, 0.1) is 23.4 Å². The molecule has 0 unspecified atom stereocenters. The number of anilines is 1. The molecule has 0 fully saturated rings. The molecule has 0 saturated heterocycles. The highest BCUT2D eigenvalue weighted by molar-refractivity contribution is 7.10. The molecule has 1 heterocycles. The van der Waals surface area contributed by atoms with Crippen molar-refractivity contribution in [1.82, 2.24) is 5.32 Å². The zero-order valence-corrected chi connectivity index (χ0v) is 12.8. The van der Waals surface area contributed by atoms with Gasteiger partial charge >= 0.3 is 6.03 Å². The minimum atomic E-state index is -1.61. The van der Waals surface area contributed by atoms with E-state index in [1.807, 2.05) is 31.4 Å². The van der Waals surface area contributed by atoms with Gasteiger partial charge in [0.25, 0.3) is 0 Å². The summed E-state index contributed by atoms with van der Waals surface area (Å²) in [6, 6.07) is 4.54. The van der Waals surface area contributed by atoms with Crippen molar-refractivity contribution < 1.29 is 18.0 Å². The van der Waals surface area contributed by atoms with Crippen molar-refractivity contribution in [1.29, 1.82) is 0 Å². The largest absolute Gasteiger partial charge is 0.330 e. The summed E-state index contributed by atoms with van der Waals surface area (Å²) in [4.78, 5) is 12.9. The molecule has 0 aliphatic heterocycles. The summed E-state index contributed by atoms with van der Waals surface area (Å²) in [6.07, 6.45) is 0. The third-order valence-electron chi connectivity index (χ3n) is 3.09. The monoisotopic (exact) mass is 328 g/mol. The Morgan fingerprint density at radius 1 is 1.14 bits per heavy atom. The highest BCUT2D eigenvalue weighted by Crippen LogP contribution is 2.26. The fourth-order valence-electron chi connectivity index (χ4n) is 1.96. The first-order valence-corrected chi connectivity index (χ1v) is 7.52. The van der Waals surface area contributed by atoms with E-state index in [1.54, 1.807) is 0 Å². The maximum Gasteiger partial charge on any atom is 0.319 e. The molecule has 1 aromatic carbocycles. The van der Waals surface area contributed by atoms with Crippen LogP contribution < -0.4 is 10.6 Å². The summed E-state index contributed by atoms with van der Waals surface area (Å²) >= 11 is 1.49. The van der Waals surface area contributed by atoms with Crippen LogP contribution >= 0.6 is 11.3 Å². The lowest BCUT2D eigenvalue weighted by atomic mass is 10.0. The van der Waals surface area contributed by atoms with Gasteiger partial charge in [-0.2, -0.15) is 0 Å². The molecule has 0 aliphatic rings. The van der Waals surface area contributed by atoms with E-state index < -0.39 is 29.2 Å². The zero-order chi connectivity index (χ0) is 16.3. The topological polar surface area (TPSA) is 41.1 Å². The Morgan fingerprint density at radius 3 is 2.45 bits per heavy atom. The summed E-state index contributed by atoms with van der Waals surface area (Å²) in [5, 5.41) is 6.79. The minimum Gasteiger partial charge on any atom is -0.330 e. The summed E-state index contributed by atoms with van der Waals surface area (Å²) in [5.74, 6) is -4.23. The molecule has 2 N–H and O–H groups in total. The van der Waals surface area contributed by atoms with Crippen LogP contribution in [0.5, 0.6) is 0 Å². The number of carbonyl (C=O) groups excluding carboxylic acids is 1. The molecule has 2 amide bonds. The second kappa shape index (κ2) is 6.83. The van der Waals surface area contributed by atoms with E-state index >= 15 is 0 Å². The number of carbonyl (C=O) groups is 1. The van der Waals surface area contributed by atoms with Gasteiger partial charge < -0.3 is 10.6 Å². The molecule has 7 heteroatoms. The zero-order valence-electron chi connectivity index (χ0n) is 12.0. The van der Waals surface area contributed by atoms with E-state index in [1.165, 1.54) is 11.3 Å². The van der Waals surface area contributed by atoms with E-state index in [0.717, 1.165) is 17.0 Å². The Labute approximate surface area is 130 Å². The molecule has 22 heavy (non-hydrogen) atoms. The van der Waals surface area contributed by atoms with Gasteiger partial charge in [-0.3, -0.25) is 0 Å². The van der Waals surface area contributed by atoms with Gasteiger partial charge in [-0.05, 0) is 29.5 Å². The van der Waals surface area contributed by atoms with Crippen LogP contribution in [0.3, 0.4) is 0 Å². The Balaban J connectivity index is 2.11. The number of benzene rings is 1. The van der Waals surface area contributed by atoms with Crippen molar-refractivity contribution in [3.05, 3.63) is 52.0 Å². The molecule has 0 saturated carbocycles. The number of amides is 2. The molecule has 3 nitrogen and oxygen atoms in total. The highest BCUT2D eigenvalue weighted by atomic mass is 32.1. The number of halogens is 3. The second-order valence-corrected chi connectivity index (χ2v) is 6.04. The third-order valence-corrected chi connectivity index (χ3v) is 4.04. The Kier molecular flexibility index (Phi) is 5.07. The van der Waals surface area contributed by atoms with Gasteiger partial charge in [0.1, 0.15) is 0 Å². The fourth-order valence-corrected chi connectivity index (χ4v) is 2.91. The molecule has 0 bridgehead atoms. The van der Waals surface area contributed by atoms with Gasteiger partial charge in [0.2, 0.25) is 0 Å². The molecule has 0 aliphatic carbocycles. The van der Waals surface area contributed by atoms with Crippen LogP contribution in [-0.4, -0.2) is 6.03 Å². The molecule has 0 spiro atoms. The van der Waals surface area contributed by atoms with Crippen molar-refractivity contribution in [3.63, 3.8) is 0 Å². The molecule has 1 atom stereocenters. The molecule has 2 rings (SSSR count). The number of hydrogen-bond acceptors (Lipinski definition) is 2. The van der Waals surface area contributed by atoms with Crippen molar-refractivity contribution in [2.24, 2.45) is 5.92 Å². The summed E-state index contributed by atoms with van der Waals surface area (Å²) in [7, 11) is 0. The van der Waals surface area contributed by atoms with E-state index in [-0.39, 0.29) is 12.0 Å². The van der Waals surface area contributed by atoms with Crippen molar-refractivity contribution in [3.8, 4) is 0 Å². The van der Waals surface area contributed by atoms with E-state index in [0.29, 0.717) is 0 Å². The van der Waals surface area contributed by atoms with Crippen LogP contribution in [0.1, 0.15) is 24.8 Å². The van der Waals surface area contributed by atoms with Crippen molar-refractivity contribution in [2.75, 3.05) is 5.32 Å². The van der Waals surface area contributed by atoms with Crippen LogP contribution in [0.25, 0.3) is 0 Å². The predicted molar refractivity (Wildman–Crippen MR) is 80.4 cm³/mol. The summed E-state index contributed by atoms with van der Waals surface area (Å²) in [6.45, 7) is 3.87. The van der Waals surface area contributed by atoms with Crippen LogP contribution in [-0.2, 0) is 0 Å². The smallest absolute Gasteiger partial charge is 0.319 e. The van der Waals surface area contributed by atoms with Gasteiger partial charge in [0, 0.05) is 4.88 Å². The fraction of sp³-hybridized carbons (Fsp3) is 0.267. The Bertz CT molecular complexity index is 659. The molecule has 2 aromatic rings. The normalized spacial score (nSPS) is 12.3. The molecule has 118 valence electrons. The predicted octanol–water partition coefficient (Wildman–Crippen LogP) is 4.68. The quantitative estimate of drug-likeness (QED) is 0.786. The standard InChI is InChI=1S/C15H15F3N2OS/c1-8(2)14(11-4-3-7-22-11)20-15(21)19-10-6-5-9(16)12(17)13(10)18/h3-8,14H,1-2H3,(H2,19,20,21)/t14-/m1/s1. The first-order valence-electron chi connectivity index (χ1n) is 6.64. The third kappa shape index (κ3) is 3.59. The first kappa shape index (κ1) is 16.4. The number of nitrogens with one attached hydrogen (secondary N) is 2. The minimum absolute atomic E-state index is 0.110. The molecular weight excluding hydrogens is 313 g/mol. The maximum atomic E-state index is 13.5. The van der Waals surface area contributed by atoms with Crippen molar-refractivity contribution in [2.45, 2.75) is 19.9 Å². The lowest BCUT2D eigenvalue weighted by Crippen LogP contribution is -2.35. The maximum absolute atomic E-state index is 13.5. The summed E-state index contributed by atoms with van der Waals surface area (Å²) in [5.41, 5.74) is -0.412. The number of hydrogen-bond donors (Lipinski definition) is 2. The Morgan fingerprint density at radius 2 is 1.86 bits per heavy atom. The van der Waals surface area contributed by atoms with E-state index in [9.17, 15) is 18.0 Å². The molecule has 1 aromatic heterocycles. The number of thiophene rings is 1. The van der Waals surface area contributed by atoms with Crippen molar-refractivity contribution >= 4 is 23.1 Å². The van der Waals surface area contributed by atoms with Gasteiger partial charge in [0.15, 0.2) is 17.5 Å². The highest BCUT2D eigenvalue weighted by Gasteiger charge is 2.21. The van der Waals surface area contributed by atoms with Gasteiger partial charge in [0.05, 0.1) is 11.7 Å². The average Bonchev–Trinajstić information content (AvgIpc) is 2.99. The SMILES string of the molecule is CC(C)[C@@H](NC(=O)Nc1ccc(F)c(F)c1F)c1cccs1. The van der Waals surface area contributed by atoms with Gasteiger partial charge in [-0.15, -0.1) is 11.3 Å². The van der Waals surface area contributed by atoms with Crippen LogP contribution in [0.4, 0.5) is 23.7 Å². The second-order valence-electron chi connectivity index (χ2n) is 5.06. The number of urea groups is 1.